The number of carbonyl (C=O) groups is 2. The number of carboxylic acid groups (broad SMARTS) is 1. The number of rotatable bonds is 4. The molecule has 0 aliphatic carbocycles. The molecular weight excluding hydrogens is 221 g/mol. The van der Waals surface area contributed by atoms with Crippen molar-refractivity contribution in [2.75, 3.05) is 0 Å². The molecule has 6 nitrogen and oxygen atoms in total. The number of aliphatic carboxylic acids is 1. The lowest BCUT2D eigenvalue weighted by molar-refractivity contribution is -0.385. The third kappa shape index (κ3) is 2.19. The highest BCUT2D eigenvalue weighted by Gasteiger charge is 2.21. The fourth-order valence-corrected chi connectivity index (χ4v) is 1.25. The van der Waals surface area contributed by atoms with Crippen LogP contribution in [0.4, 0.5) is 10.1 Å². The minimum atomic E-state index is -1.37. The van der Waals surface area contributed by atoms with E-state index in [1.165, 1.54) is 0 Å². The number of aldehydes is 1. The van der Waals surface area contributed by atoms with E-state index < -0.39 is 39.9 Å². The van der Waals surface area contributed by atoms with E-state index >= 15 is 0 Å². The Hall–Kier alpha value is -2.31. The van der Waals surface area contributed by atoms with E-state index in [-0.39, 0.29) is 6.29 Å². The second-order valence-corrected chi connectivity index (χ2v) is 2.90. The predicted molar refractivity (Wildman–Crippen MR) is 49.8 cm³/mol. The van der Waals surface area contributed by atoms with Crippen LogP contribution in [-0.4, -0.2) is 22.3 Å². The zero-order chi connectivity index (χ0) is 12.3. The molecular formula is C9H6FNO5. The summed E-state index contributed by atoms with van der Waals surface area (Å²) in [5.41, 5.74) is -1.61. The minimum Gasteiger partial charge on any atom is -0.481 e. The monoisotopic (exact) mass is 227 g/mol. The number of carboxylic acids is 1. The van der Waals surface area contributed by atoms with Crippen molar-refractivity contribution >= 4 is 17.9 Å². The molecule has 84 valence electrons. The van der Waals surface area contributed by atoms with Crippen LogP contribution in [-0.2, 0) is 11.2 Å². The molecule has 0 saturated carbocycles. The molecule has 0 amide bonds. The maximum Gasteiger partial charge on any atom is 0.307 e. The van der Waals surface area contributed by atoms with E-state index in [0.717, 1.165) is 12.1 Å². The molecule has 0 unspecified atom stereocenters. The molecule has 1 N–H and O–H groups in total. The fraction of sp³-hybridized carbons (Fsp3) is 0.111. The van der Waals surface area contributed by atoms with Crippen LogP contribution in [0.2, 0.25) is 0 Å². The van der Waals surface area contributed by atoms with Crippen molar-refractivity contribution in [1.82, 2.24) is 0 Å². The van der Waals surface area contributed by atoms with Gasteiger partial charge in [-0.25, -0.2) is 4.39 Å². The van der Waals surface area contributed by atoms with Gasteiger partial charge in [0.25, 0.3) is 5.69 Å². The molecule has 1 aromatic carbocycles. The Balaban J connectivity index is 3.43. The Kier molecular flexibility index (Phi) is 3.29. The SMILES string of the molecule is O=Cc1c([N+](=O)[O-])ccc(F)c1CC(=O)O. The topological polar surface area (TPSA) is 97.5 Å². The maximum atomic E-state index is 13.2. The second kappa shape index (κ2) is 4.47. The summed E-state index contributed by atoms with van der Waals surface area (Å²) in [5, 5.41) is 19.0. The van der Waals surface area contributed by atoms with E-state index in [1.54, 1.807) is 0 Å². The molecule has 0 spiro atoms. The molecule has 0 heterocycles. The van der Waals surface area contributed by atoms with Gasteiger partial charge in [-0.15, -0.1) is 0 Å². The average molecular weight is 227 g/mol. The largest absolute Gasteiger partial charge is 0.481 e. The summed E-state index contributed by atoms with van der Waals surface area (Å²) in [6.45, 7) is 0. The van der Waals surface area contributed by atoms with Gasteiger partial charge in [0.05, 0.1) is 16.9 Å². The lowest BCUT2D eigenvalue weighted by Crippen LogP contribution is -2.08. The number of benzene rings is 1. The summed E-state index contributed by atoms with van der Waals surface area (Å²) in [7, 11) is 0. The summed E-state index contributed by atoms with van der Waals surface area (Å²) in [6.07, 6.45) is -0.693. The number of nitro groups is 1. The van der Waals surface area contributed by atoms with Gasteiger partial charge in [-0.05, 0) is 6.07 Å². The number of halogens is 1. The first-order chi connectivity index (χ1) is 7.47. The molecule has 7 heteroatoms. The first kappa shape index (κ1) is 11.8. The highest BCUT2D eigenvalue weighted by Crippen LogP contribution is 2.23. The quantitative estimate of drug-likeness (QED) is 0.473. The van der Waals surface area contributed by atoms with Gasteiger partial charge in [0.15, 0.2) is 6.29 Å². The predicted octanol–water partition coefficient (Wildman–Crippen LogP) is 1.17. The molecule has 1 rings (SSSR count). The summed E-state index contributed by atoms with van der Waals surface area (Å²) < 4.78 is 13.2. The second-order valence-electron chi connectivity index (χ2n) is 2.90. The highest BCUT2D eigenvalue weighted by atomic mass is 19.1. The first-order valence-electron chi connectivity index (χ1n) is 4.10. The molecule has 0 bridgehead atoms. The van der Waals surface area contributed by atoms with E-state index in [9.17, 15) is 24.1 Å². The Morgan fingerprint density at radius 1 is 1.56 bits per heavy atom. The third-order valence-corrected chi connectivity index (χ3v) is 1.92. The molecule has 0 atom stereocenters. The average Bonchev–Trinajstić information content (AvgIpc) is 2.19. The van der Waals surface area contributed by atoms with E-state index in [4.69, 9.17) is 5.11 Å². The van der Waals surface area contributed by atoms with Gasteiger partial charge >= 0.3 is 5.97 Å². The van der Waals surface area contributed by atoms with Crippen molar-refractivity contribution < 1.29 is 24.0 Å². The van der Waals surface area contributed by atoms with Gasteiger partial charge < -0.3 is 5.11 Å². The van der Waals surface area contributed by atoms with Crippen LogP contribution < -0.4 is 0 Å². The van der Waals surface area contributed by atoms with Crippen molar-refractivity contribution in [3.63, 3.8) is 0 Å². The number of nitro benzene ring substituents is 1. The zero-order valence-corrected chi connectivity index (χ0v) is 7.84. The molecule has 0 aromatic heterocycles. The molecule has 0 aliphatic rings. The Bertz CT molecular complexity index is 471. The Labute approximate surface area is 88.5 Å². The highest BCUT2D eigenvalue weighted by molar-refractivity contribution is 5.86. The van der Waals surface area contributed by atoms with Crippen molar-refractivity contribution in [1.29, 1.82) is 0 Å². The van der Waals surface area contributed by atoms with Gasteiger partial charge in [-0.2, -0.15) is 0 Å². The lowest BCUT2D eigenvalue weighted by Gasteiger charge is -2.04. The van der Waals surface area contributed by atoms with Crippen LogP contribution in [0, 0.1) is 15.9 Å². The molecule has 16 heavy (non-hydrogen) atoms. The van der Waals surface area contributed by atoms with Crippen LogP contribution in [0.3, 0.4) is 0 Å². The van der Waals surface area contributed by atoms with Crippen LogP contribution >= 0.6 is 0 Å². The number of hydrogen-bond acceptors (Lipinski definition) is 4. The van der Waals surface area contributed by atoms with Crippen LogP contribution in [0.25, 0.3) is 0 Å². The van der Waals surface area contributed by atoms with Crippen LogP contribution in [0.1, 0.15) is 15.9 Å². The molecule has 0 fully saturated rings. The summed E-state index contributed by atoms with van der Waals surface area (Å²) in [5.74, 6) is -2.32. The van der Waals surface area contributed by atoms with E-state index in [0.29, 0.717) is 0 Å². The first-order valence-corrected chi connectivity index (χ1v) is 4.10. The normalized spacial score (nSPS) is 9.81. The van der Waals surface area contributed by atoms with Crippen molar-refractivity contribution in [3.05, 3.63) is 39.2 Å². The number of hydrogen-bond donors (Lipinski definition) is 1. The third-order valence-electron chi connectivity index (χ3n) is 1.92. The molecule has 0 aliphatic heterocycles. The van der Waals surface area contributed by atoms with E-state index in [1.807, 2.05) is 0 Å². The molecule has 1 aromatic rings. The van der Waals surface area contributed by atoms with Crippen molar-refractivity contribution in [2.24, 2.45) is 0 Å². The van der Waals surface area contributed by atoms with Gasteiger partial charge in [0.1, 0.15) is 5.82 Å². The van der Waals surface area contributed by atoms with Crippen molar-refractivity contribution in [2.45, 2.75) is 6.42 Å². The Morgan fingerprint density at radius 2 is 2.19 bits per heavy atom. The smallest absolute Gasteiger partial charge is 0.307 e. The van der Waals surface area contributed by atoms with Gasteiger partial charge in [0, 0.05) is 11.6 Å². The Morgan fingerprint density at radius 3 is 2.62 bits per heavy atom. The van der Waals surface area contributed by atoms with Gasteiger partial charge in [0.2, 0.25) is 0 Å². The number of nitrogens with zero attached hydrogens (tertiary/aromatic N) is 1. The van der Waals surface area contributed by atoms with Gasteiger partial charge in [-0.1, -0.05) is 0 Å². The summed E-state index contributed by atoms with van der Waals surface area (Å²) in [4.78, 5) is 30.7. The minimum absolute atomic E-state index is 0.0828. The van der Waals surface area contributed by atoms with Crippen molar-refractivity contribution in [3.8, 4) is 0 Å². The van der Waals surface area contributed by atoms with Crippen LogP contribution in [0.5, 0.6) is 0 Å². The maximum absolute atomic E-state index is 13.2. The van der Waals surface area contributed by atoms with Crippen LogP contribution in [0.15, 0.2) is 12.1 Å². The fourth-order valence-electron chi connectivity index (χ4n) is 1.25. The van der Waals surface area contributed by atoms with Gasteiger partial charge in [-0.3, -0.25) is 19.7 Å². The van der Waals surface area contributed by atoms with E-state index in [2.05, 4.69) is 0 Å². The lowest BCUT2D eigenvalue weighted by atomic mass is 10.0. The molecule has 0 radical (unpaired) electrons. The zero-order valence-electron chi connectivity index (χ0n) is 7.84. The number of carbonyl (C=O) groups excluding carboxylic acids is 1. The standard InChI is InChI=1S/C9H6FNO5/c10-7-1-2-8(11(15)16)6(4-12)5(7)3-9(13)14/h1-2,4H,3H2,(H,13,14). The summed E-state index contributed by atoms with van der Waals surface area (Å²) in [6, 6.07) is 1.59. The summed E-state index contributed by atoms with van der Waals surface area (Å²) >= 11 is 0. The molecule has 0 saturated heterocycles.